The van der Waals surface area contributed by atoms with Gasteiger partial charge in [0.05, 0.1) is 17.9 Å². The molecule has 0 aliphatic carbocycles. The van der Waals surface area contributed by atoms with Crippen molar-refractivity contribution in [1.82, 2.24) is 0 Å². The lowest BCUT2D eigenvalue weighted by Gasteiger charge is -2.15. The molecule has 0 N–H and O–H groups in total. The molecular weight excluding hydrogens is 208 g/mol. The van der Waals surface area contributed by atoms with Crippen molar-refractivity contribution < 1.29 is 4.79 Å². The predicted octanol–water partition coefficient (Wildman–Crippen LogP) is 2.27. The summed E-state index contributed by atoms with van der Waals surface area (Å²) in [7, 11) is 0. The van der Waals surface area contributed by atoms with Crippen LogP contribution in [0, 0.1) is 11.3 Å². The monoisotopic (exact) mass is 213 g/mol. The Bertz CT molecular complexity index is 175. The molecule has 0 heterocycles. The summed E-state index contributed by atoms with van der Waals surface area (Å²) in [5, 5.41) is 7.51. The van der Waals surface area contributed by atoms with E-state index >= 15 is 0 Å². The first-order chi connectivity index (χ1) is 5.02. The normalized spacial score (nSPS) is 13.6. The number of aldehydes is 1. The van der Waals surface area contributed by atoms with Crippen LogP contribution in [0.15, 0.2) is 0 Å². The van der Waals surface area contributed by atoms with Crippen LogP contribution in [0.4, 0.5) is 0 Å². The third-order valence-electron chi connectivity index (χ3n) is 0.979. The molecule has 11 heavy (non-hydrogen) atoms. The summed E-state index contributed by atoms with van der Waals surface area (Å²) < 4.78 is -1.21. The zero-order chi connectivity index (χ0) is 8.91. The van der Waals surface area contributed by atoms with Crippen LogP contribution in [0.25, 0.3) is 0 Å². The van der Waals surface area contributed by atoms with E-state index in [-0.39, 0.29) is 12.8 Å². The van der Waals surface area contributed by atoms with Gasteiger partial charge in [-0.15, -0.1) is 34.8 Å². The molecule has 0 saturated carbocycles. The van der Waals surface area contributed by atoms with Gasteiger partial charge in [-0.2, -0.15) is 5.26 Å². The Morgan fingerprint density at radius 1 is 1.64 bits per heavy atom. The van der Waals surface area contributed by atoms with E-state index in [1.54, 1.807) is 6.07 Å². The zero-order valence-corrected chi connectivity index (χ0v) is 7.83. The number of halogens is 3. The molecule has 0 rings (SSSR count). The van der Waals surface area contributed by atoms with Gasteiger partial charge in [-0.1, -0.05) is 0 Å². The van der Waals surface area contributed by atoms with Crippen LogP contribution in [0.1, 0.15) is 12.8 Å². The molecule has 62 valence electrons. The molecule has 1 unspecified atom stereocenters. The van der Waals surface area contributed by atoms with E-state index in [0.29, 0.717) is 6.29 Å². The van der Waals surface area contributed by atoms with Gasteiger partial charge in [0.1, 0.15) is 10.6 Å². The van der Waals surface area contributed by atoms with Gasteiger partial charge in [-0.3, -0.25) is 0 Å². The Kier molecular flexibility index (Phi) is 4.83. The van der Waals surface area contributed by atoms with E-state index in [1.165, 1.54) is 0 Å². The molecule has 0 amide bonds. The predicted molar refractivity (Wildman–Crippen MR) is 45.0 cm³/mol. The van der Waals surface area contributed by atoms with Crippen LogP contribution >= 0.6 is 34.8 Å². The standard InChI is InChI=1S/C6H6Cl3NO/c7-5(4-11)3-6(8,9)1-2-10/h4-5H,1,3H2. The molecule has 0 aliphatic heterocycles. The number of carbonyl (C=O) groups excluding carboxylic acids is 1. The SMILES string of the molecule is N#CCC(Cl)(Cl)CC(Cl)C=O. The lowest BCUT2D eigenvalue weighted by Crippen LogP contribution is -2.18. The molecule has 0 fully saturated rings. The summed E-state index contributed by atoms with van der Waals surface area (Å²) in [4.78, 5) is 10.1. The molecule has 2 nitrogen and oxygen atoms in total. The molecule has 0 spiro atoms. The summed E-state index contributed by atoms with van der Waals surface area (Å²) in [6.07, 6.45) is 0.598. The minimum atomic E-state index is -1.21. The highest BCUT2D eigenvalue weighted by Gasteiger charge is 2.26. The Balaban J connectivity index is 3.91. The maximum atomic E-state index is 10.1. The van der Waals surface area contributed by atoms with Crippen LogP contribution in [0.3, 0.4) is 0 Å². The lowest BCUT2D eigenvalue weighted by molar-refractivity contribution is -0.107. The van der Waals surface area contributed by atoms with Crippen LogP contribution in [-0.2, 0) is 4.79 Å². The fourth-order valence-corrected chi connectivity index (χ4v) is 1.39. The molecule has 0 aromatic carbocycles. The summed E-state index contributed by atoms with van der Waals surface area (Å²) in [5.74, 6) is 0. The van der Waals surface area contributed by atoms with Crippen molar-refractivity contribution in [3.05, 3.63) is 0 Å². The van der Waals surface area contributed by atoms with E-state index in [9.17, 15) is 4.79 Å². The first kappa shape index (κ1) is 11.0. The van der Waals surface area contributed by atoms with Gasteiger partial charge in [-0.25, -0.2) is 0 Å². The highest BCUT2D eigenvalue weighted by atomic mass is 35.5. The number of carbonyl (C=O) groups is 1. The smallest absolute Gasteiger partial charge is 0.137 e. The molecule has 0 bridgehead atoms. The minimum Gasteiger partial charge on any atom is -0.302 e. The molecule has 0 saturated heterocycles. The van der Waals surface area contributed by atoms with Crippen molar-refractivity contribution in [3.63, 3.8) is 0 Å². The van der Waals surface area contributed by atoms with E-state index in [4.69, 9.17) is 40.1 Å². The summed E-state index contributed by atoms with van der Waals surface area (Å²) in [6.45, 7) is 0. The maximum Gasteiger partial charge on any atom is 0.137 e. The topological polar surface area (TPSA) is 40.9 Å². The van der Waals surface area contributed by atoms with Crippen molar-refractivity contribution in [3.8, 4) is 6.07 Å². The van der Waals surface area contributed by atoms with Crippen LogP contribution in [0.5, 0.6) is 0 Å². The van der Waals surface area contributed by atoms with Gasteiger partial charge in [0.15, 0.2) is 0 Å². The highest BCUT2D eigenvalue weighted by Crippen LogP contribution is 2.31. The Morgan fingerprint density at radius 2 is 2.18 bits per heavy atom. The number of rotatable bonds is 4. The largest absolute Gasteiger partial charge is 0.302 e. The Morgan fingerprint density at radius 3 is 2.55 bits per heavy atom. The van der Waals surface area contributed by atoms with Gasteiger partial charge in [0, 0.05) is 6.42 Å². The second-order valence-electron chi connectivity index (χ2n) is 2.05. The summed E-state index contributed by atoms with van der Waals surface area (Å²) in [5.41, 5.74) is 0. The third-order valence-corrected chi connectivity index (χ3v) is 1.81. The number of alkyl halides is 3. The fraction of sp³-hybridized carbons (Fsp3) is 0.667. The second kappa shape index (κ2) is 4.82. The number of nitriles is 1. The van der Waals surface area contributed by atoms with Gasteiger partial charge in [-0.05, 0) is 0 Å². The van der Waals surface area contributed by atoms with Gasteiger partial charge in [0.2, 0.25) is 0 Å². The maximum absolute atomic E-state index is 10.1. The molecule has 0 aliphatic rings. The molecule has 0 aromatic rings. The van der Waals surface area contributed by atoms with Gasteiger partial charge < -0.3 is 4.79 Å². The van der Waals surface area contributed by atoms with Crippen LogP contribution in [0.2, 0.25) is 0 Å². The quantitative estimate of drug-likeness (QED) is 0.532. The highest BCUT2D eigenvalue weighted by molar-refractivity contribution is 6.49. The first-order valence-electron chi connectivity index (χ1n) is 2.86. The molecule has 1 atom stereocenters. The average molecular weight is 214 g/mol. The van der Waals surface area contributed by atoms with E-state index in [1.807, 2.05) is 0 Å². The van der Waals surface area contributed by atoms with Crippen LogP contribution < -0.4 is 0 Å². The average Bonchev–Trinajstić information content (AvgIpc) is 1.86. The Hall–Kier alpha value is 0.0300. The van der Waals surface area contributed by atoms with E-state index in [0.717, 1.165) is 0 Å². The number of hydrogen-bond donors (Lipinski definition) is 0. The molecular formula is C6H6Cl3NO. The fourth-order valence-electron chi connectivity index (χ4n) is 0.521. The van der Waals surface area contributed by atoms with E-state index < -0.39 is 9.71 Å². The molecule has 5 heteroatoms. The van der Waals surface area contributed by atoms with Crippen molar-refractivity contribution in [1.29, 1.82) is 5.26 Å². The molecule has 0 aromatic heterocycles. The number of hydrogen-bond acceptors (Lipinski definition) is 2. The lowest BCUT2D eigenvalue weighted by atomic mass is 10.2. The van der Waals surface area contributed by atoms with Crippen LogP contribution in [-0.4, -0.2) is 16.0 Å². The van der Waals surface area contributed by atoms with E-state index in [2.05, 4.69) is 0 Å². The first-order valence-corrected chi connectivity index (χ1v) is 4.05. The third kappa shape index (κ3) is 5.32. The summed E-state index contributed by atoms with van der Waals surface area (Å²) in [6, 6.07) is 1.80. The van der Waals surface area contributed by atoms with Crippen molar-refractivity contribution in [2.45, 2.75) is 22.6 Å². The zero-order valence-electron chi connectivity index (χ0n) is 5.56. The molecule has 0 radical (unpaired) electrons. The van der Waals surface area contributed by atoms with Crippen molar-refractivity contribution in [2.24, 2.45) is 0 Å². The Labute approximate surface area is 80.0 Å². The summed E-state index contributed by atoms with van der Waals surface area (Å²) >= 11 is 16.7. The minimum absolute atomic E-state index is 0.0346. The number of nitrogens with zero attached hydrogens (tertiary/aromatic N) is 1. The van der Waals surface area contributed by atoms with Gasteiger partial charge >= 0.3 is 0 Å². The van der Waals surface area contributed by atoms with Crippen molar-refractivity contribution in [2.75, 3.05) is 0 Å². The second-order valence-corrected chi connectivity index (χ2v) is 4.25. The van der Waals surface area contributed by atoms with Gasteiger partial charge in [0.25, 0.3) is 0 Å². The van der Waals surface area contributed by atoms with Crippen molar-refractivity contribution >= 4 is 41.1 Å².